The Morgan fingerprint density at radius 1 is 1.06 bits per heavy atom. The molecule has 1 aromatic carbocycles. The minimum Gasteiger partial charge on any atom is -0.461 e. The van der Waals surface area contributed by atoms with E-state index in [0.29, 0.717) is 48.3 Å². The lowest BCUT2D eigenvalue weighted by atomic mass is 10.1. The van der Waals surface area contributed by atoms with Crippen molar-refractivity contribution in [3.8, 4) is 11.3 Å². The molecule has 1 saturated heterocycles. The Labute approximate surface area is 192 Å². The normalized spacial score (nSPS) is 14.7. The largest absolute Gasteiger partial charge is 0.461 e. The minimum absolute atomic E-state index is 0.0714. The third-order valence-electron chi connectivity index (χ3n) is 5.29. The highest BCUT2D eigenvalue weighted by Gasteiger charge is 2.33. The average molecular weight is 484 g/mol. The second-order valence-corrected chi connectivity index (χ2v) is 8.24. The summed E-state index contributed by atoms with van der Waals surface area (Å²) in [5.41, 5.74) is 0.380. The molecule has 0 spiro atoms. The number of carbonyl (C=O) groups is 1. The van der Waals surface area contributed by atoms with Crippen LogP contribution in [0, 0.1) is 6.92 Å². The van der Waals surface area contributed by atoms with Gasteiger partial charge in [-0.3, -0.25) is 4.79 Å². The first-order valence-corrected chi connectivity index (χ1v) is 10.5. The van der Waals surface area contributed by atoms with Crippen molar-refractivity contribution in [1.82, 2.24) is 9.88 Å². The second-order valence-electron chi connectivity index (χ2n) is 7.39. The fourth-order valence-electron chi connectivity index (χ4n) is 3.56. The van der Waals surface area contributed by atoms with Crippen molar-refractivity contribution < 1.29 is 22.4 Å². The third-order valence-corrected chi connectivity index (χ3v) is 5.82. The van der Waals surface area contributed by atoms with E-state index in [-0.39, 0.29) is 16.7 Å². The van der Waals surface area contributed by atoms with E-state index in [4.69, 9.17) is 27.6 Å². The molecule has 168 valence electrons. The lowest BCUT2D eigenvalue weighted by molar-refractivity contribution is -0.137. The van der Waals surface area contributed by atoms with Crippen LogP contribution < -0.4 is 4.90 Å². The highest BCUT2D eigenvalue weighted by Crippen LogP contribution is 2.34. The molecule has 1 aliphatic heterocycles. The summed E-state index contributed by atoms with van der Waals surface area (Å²) in [6.07, 6.45) is -3.74. The van der Waals surface area contributed by atoms with Crippen molar-refractivity contribution in [2.75, 3.05) is 31.1 Å². The molecule has 0 atom stereocenters. The maximum atomic E-state index is 13.0. The standard InChI is InChI=1S/C22H18Cl2F3N3O2/c1-13-17(11-19(32-13)14-2-4-16(23)5-3-14)21(31)30-8-6-29(7-9-30)20-18(24)10-15(12-28-20)22(25,26)27/h2-5,10-12H,6-9H2,1H3. The predicted molar refractivity (Wildman–Crippen MR) is 116 cm³/mol. The molecule has 4 rings (SSSR count). The minimum atomic E-state index is -4.51. The summed E-state index contributed by atoms with van der Waals surface area (Å²) in [6, 6.07) is 9.70. The first-order valence-electron chi connectivity index (χ1n) is 9.77. The Morgan fingerprint density at radius 2 is 1.72 bits per heavy atom. The van der Waals surface area contributed by atoms with Crippen molar-refractivity contribution in [1.29, 1.82) is 0 Å². The number of halogens is 5. The summed E-state index contributed by atoms with van der Waals surface area (Å²) in [6.45, 7) is 3.27. The molecule has 32 heavy (non-hydrogen) atoms. The Morgan fingerprint density at radius 3 is 2.31 bits per heavy atom. The number of hydrogen-bond acceptors (Lipinski definition) is 4. The fourth-order valence-corrected chi connectivity index (χ4v) is 3.97. The van der Waals surface area contributed by atoms with E-state index in [1.54, 1.807) is 34.9 Å². The number of nitrogens with zero attached hydrogens (tertiary/aromatic N) is 3. The molecule has 2 aromatic heterocycles. The number of aromatic nitrogens is 1. The molecule has 10 heteroatoms. The molecule has 0 aliphatic carbocycles. The van der Waals surface area contributed by atoms with Crippen molar-refractivity contribution in [3.63, 3.8) is 0 Å². The van der Waals surface area contributed by atoms with Gasteiger partial charge in [0.1, 0.15) is 17.3 Å². The van der Waals surface area contributed by atoms with Crippen molar-refractivity contribution in [3.05, 3.63) is 69.5 Å². The molecule has 0 N–H and O–H groups in total. The van der Waals surface area contributed by atoms with Crippen LogP contribution in [-0.4, -0.2) is 42.0 Å². The number of alkyl halides is 3. The number of pyridine rings is 1. The Hall–Kier alpha value is -2.71. The monoisotopic (exact) mass is 483 g/mol. The van der Waals surface area contributed by atoms with Crippen LogP contribution in [0.1, 0.15) is 21.7 Å². The number of anilines is 1. The summed E-state index contributed by atoms with van der Waals surface area (Å²) in [5, 5.41) is 0.534. The van der Waals surface area contributed by atoms with Crippen molar-refractivity contribution >= 4 is 34.9 Å². The van der Waals surface area contributed by atoms with Crippen LogP contribution in [0.5, 0.6) is 0 Å². The maximum absolute atomic E-state index is 13.0. The van der Waals surface area contributed by atoms with Gasteiger partial charge < -0.3 is 14.2 Å². The van der Waals surface area contributed by atoms with Gasteiger partial charge in [-0.05, 0) is 43.3 Å². The van der Waals surface area contributed by atoms with Crippen LogP contribution in [0.15, 0.2) is 47.0 Å². The zero-order chi connectivity index (χ0) is 23.0. The van der Waals surface area contributed by atoms with Crippen LogP contribution in [-0.2, 0) is 6.18 Å². The number of piperazine rings is 1. The van der Waals surface area contributed by atoms with Gasteiger partial charge in [0.15, 0.2) is 0 Å². The van der Waals surface area contributed by atoms with Gasteiger partial charge in [-0.2, -0.15) is 13.2 Å². The number of carbonyl (C=O) groups excluding carboxylic acids is 1. The molecule has 1 fully saturated rings. The van der Waals surface area contributed by atoms with Crippen LogP contribution in [0.3, 0.4) is 0 Å². The van der Waals surface area contributed by atoms with Crippen LogP contribution in [0.4, 0.5) is 19.0 Å². The van der Waals surface area contributed by atoms with Gasteiger partial charge in [0.05, 0.1) is 16.1 Å². The Balaban J connectivity index is 1.45. The van der Waals surface area contributed by atoms with Gasteiger partial charge in [-0.25, -0.2) is 4.98 Å². The van der Waals surface area contributed by atoms with E-state index >= 15 is 0 Å². The summed E-state index contributed by atoms with van der Waals surface area (Å²) < 4.78 is 44.3. The summed E-state index contributed by atoms with van der Waals surface area (Å²) in [5.74, 6) is 1.19. The van der Waals surface area contributed by atoms with E-state index in [1.807, 2.05) is 12.1 Å². The lowest BCUT2D eigenvalue weighted by Gasteiger charge is -2.35. The number of benzene rings is 1. The smallest absolute Gasteiger partial charge is 0.417 e. The summed E-state index contributed by atoms with van der Waals surface area (Å²) >= 11 is 12.0. The SMILES string of the molecule is Cc1oc(-c2ccc(Cl)cc2)cc1C(=O)N1CCN(c2ncc(C(F)(F)F)cc2Cl)CC1. The zero-order valence-electron chi connectivity index (χ0n) is 16.9. The van der Waals surface area contributed by atoms with E-state index in [1.165, 1.54) is 0 Å². The van der Waals surface area contributed by atoms with Crippen LogP contribution in [0.2, 0.25) is 10.0 Å². The van der Waals surface area contributed by atoms with Crippen LogP contribution in [0.25, 0.3) is 11.3 Å². The maximum Gasteiger partial charge on any atom is 0.417 e. The van der Waals surface area contributed by atoms with Gasteiger partial charge in [0.25, 0.3) is 5.91 Å². The Kier molecular flexibility index (Phi) is 6.09. The predicted octanol–water partition coefficient (Wildman–Crippen LogP) is 5.94. The number of aryl methyl sites for hydroxylation is 1. The van der Waals surface area contributed by atoms with Crippen molar-refractivity contribution in [2.45, 2.75) is 13.1 Å². The molecule has 3 aromatic rings. The number of hydrogen-bond donors (Lipinski definition) is 0. The Bertz CT molecular complexity index is 1140. The van der Waals surface area contributed by atoms with Crippen LogP contribution >= 0.6 is 23.2 Å². The topological polar surface area (TPSA) is 49.6 Å². The summed E-state index contributed by atoms with van der Waals surface area (Å²) in [7, 11) is 0. The van der Waals surface area contributed by atoms with E-state index in [2.05, 4.69) is 4.98 Å². The quantitative estimate of drug-likeness (QED) is 0.462. The number of amides is 1. The van der Waals surface area contributed by atoms with Gasteiger partial charge in [-0.1, -0.05) is 23.2 Å². The number of rotatable bonds is 3. The zero-order valence-corrected chi connectivity index (χ0v) is 18.4. The molecule has 0 bridgehead atoms. The highest BCUT2D eigenvalue weighted by molar-refractivity contribution is 6.33. The molecule has 5 nitrogen and oxygen atoms in total. The third kappa shape index (κ3) is 4.56. The molecule has 0 unspecified atom stereocenters. The second kappa shape index (κ2) is 8.67. The van der Waals surface area contributed by atoms with Gasteiger partial charge in [-0.15, -0.1) is 0 Å². The molecule has 3 heterocycles. The molecule has 1 aliphatic rings. The fraction of sp³-hybridized carbons (Fsp3) is 0.273. The van der Waals surface area contributed by atoms with E-state index in [0.717, 1.165) is 17.8 Å². The van der Waals surface area contributed by atoms with Crippen molar-refractivity contribution in [2.24, 2.45) is 0 Å². The molecular formula is C22H18Cl2F3N3O2. The lowest BCUT2D eigenvalue weighted by Crippen LogP contribution is -2.49. The highest BCUT2D eigenvalue weighted by atomic mass is 35.5. The molecule has 0 radical (unpaired) electrons. The first kappa shape index (κ1) is 22.5. The first-order chi connectivity index (χ1) is 15.1. The number of furan rings is 1. The van der Waals surface area contributed by atoms with Gasteiger partial charge in [0, 0.05) is 43.0 Å². The molecule has 0 saturated carbocycles. The average Bonchev–Trinajstić information content (AvgIpc) is 3.15. The molecule has 1 amide bonds. The summed E-state index contributed by atoms with van der Waals surface area (Å²) in [4.78, 5) is 20.4. The molecular weight excluding hydrogens is 466 g/mol. The van der Waals surface area contributed by atoms with E-state index in [9.17, 15) is 18.0 Å². The van der Waals surface area contributed by atoms with Gasteiger partial charge in [0.2, 0.25) is 0 Å². The van der Waals surface area contributed by atoms with E-state index < -0.39 is 11.7 Å². The van der Waals surface area contributed by atoms with Gasteiger partial charge >= 0.3 is 6.18 Å².